The van der Waals surface area contributed by atoms with E-state index in [-0.39, 0.29) is 0 Å². The lowest BCUT2D eigenvalue weighted by molar-refractivity contribution is 0.795. The quantitative estimate of drug-likeness (QED) is 0.384. The molecule has 20 heavy (non-hydrogen) atoms. The average Bonchev–Trinajstić information content (AvgIpc) is 2.52. The van der Waals surface area contributed by atoms with Gasteiger partial charge in [0, 0.05) is 4.86 Å². The molecule has 0 radical (unpaired) electrons. The van der Waals surface area contributed by atoms with E-state index in [9.17, 15) is 0 Å². The minimum Gasteiger partial charge on any atom is -0.0795 e. The summed E-state index contributed by atoms with van der Waals surface area (Å²) in [6, 6.07) is 18.9. The van der Waals surface area contributed by atoms with Gasteiger partial charge in [-0.05, 0) is 35.6 Å². The Hall–Kier alpha value is -1.73. The molecule has 0 aliphatic heterocycles. The van der Waals surface area contributed by atoms with E-state index in [2.05, 4.69) is 37.3 Å². The SMILES string of the molecule is CCCCc1ccc(C=CC(=S)c2ccccc2)cc1. The third kappa shape index (κ3) is 4.43. The highest BCUT2D eigenvalue weighted by molar-refractivity contribution is 7.81. The van der Waals surface area contributed by atoms with Crippen LogP contribution in [0, 0.1) is 0 Å². The molecule has 0 fully saturated rings. The maximum atomic E-state index is 5.42. The Labute approximate surface area is 127 Å². The monoisotopic (exact) mass is 280 g/mol. The van der Waals surface area contributed by atoms with Gasteiger partial charge in [-0.2, -0.15) is 0 Å². The van der Waals surface area contributed by atoms with Crippen LogP contribution in [0.4, 0.5) is 0 Å². The van der Waals surface area contributed by atoms with Crippen LogP contribution in [0.3, 0.4) is 0 Å². The van der Waals surface area contributed by atoms with Gasteiger partial charge < -0.3 is 0 Å². The topological polar surface area (TPSA) is 0 Å². The molecule has 0 aliphatic rings. The van der Waals surface area contributed by atoms with Crippen LogP contribution in [0.5, 0.6) is 0 Å². The molecule has 0 spiro atoms. The lowest BCUT2D eigenvalue weighted by Crippen LogP contribution is -1.91. The van der Waals surface area contributed by atoms with Gasteiger partial charge in [0.2, 0.25) is 0 Å². The number of allylic oxidation sites excluding steroid dienone is 1. The van der Waals surface area contributed by atoms with Gasteiger partial charge in [-0.3, -0.25) is 0 Å². The first-order chi connectivity index (χ1) is 9.79. The van der Waals surface area contributed by atoms with Crippen LogP contribution < -0.4 is 0 Å². The van der Waals surface area contributed by atoms with Crippen molar-refractivity contribution in [3.05, 3.63) is 77.4 Å². The lowest BCUT2D eigenvalue weighted by Gasteiger charge is -2.01. The first-order valence-electron chi connectivity index (χ1n) is 7.16. The minimum absolute atomic E-state index is 0.876. The molecular formula is C19H20S. The zero-order valence-corrected chi connectivity index (χ0v) is 12.7. The molecule has 0 nitrogen and oxygen atoms in total. The van der Waals surface area contributed by atoms with E-state index in [0.717, 1.165) is 10.4 Å². The fourth-order valence-corrected chi connectivity index (χ4v) is 2.25. The van der Waals surface area contributed by atoms with Crippen LogP contribution in [0.1, 0.15) is 36.5 Å². The third-order valence-electron chi connectivity index (χ3n) is 3.28. The molecule has 2 aromatic rings. The molecule has 0 atom stereocenters. The molecule has 102 valence electrons. The summed E-state index contributed by atoms with van der Waals surface area (Å²) in [6.07, 6.45) is 7.76. The summed E-state index contributed by atoms with van der Waals surface area (Å²) < 4.78 is 0. The Balaban J connectivity index is 1.99. The normalized spacial score (nSPS) is 10.8. The van der Waals surface area contributed by atoms with E-state index in [0.29, 0.717) is 0 Å². The number of hydrogen-bond acceptors (Lipinski definition) is 1. The number of thiocarbonyl (C=S) groups is 1. The van der Waals surface area contributed by atoms with Crippen LogP contribution >= 0.6 is 12.2 Å². The van der Waals surface area contributed by atoms with E-state index in [4.69, 9.17) is 12.2 Å². The molecule has 0 bridgehead atoms. The van der Waals surface area contributed by atoms with E-state index < -0.39 is 0 Å². The maximum absolute atomic E-state index is 5.42. The summed E-state index contributed by atoms with van der Waals surface area (Å²) in [7, 11) is 0. The second-order valence-corrected chi connectivity index (χ2v) is 5.35. The van der Waals surface area contributed by atoms with Gasteiger partial charge in [0.05, 0.1) is 0 Å². The van der Waals surface area contributed by atoms with Crippen LogP contribution in [0.2, 0.25) is 0 Å². The lowest BCUT2D eigenvalue weighted by atomic mass is 10.1. The van der Waals surface area contributed by atoms with Crippen molar-refractivity contribution >= 4 is 23.2 Å². The van der Waals surface area contributed by atoms with Crippen molar-refractivity contribution in [2.75, 3.05) is 0 Å². The smallest absolute Gasteiger partial charge is 0.0449 e. The number of rotatable bonds is 6. The van der Waals surface area contributed by atoms with Crippen molar-refractivity contribution in [2.24, 2.45) is 0 Å². The molecule has 0 aliphatic carbocycles. The van der Waals surface area contributed by atoms with Crippen molar-refractivity contribution in [3.63, 3.8) is 0 Å². The Kier molecular flexibility index (Phi) is 5.69. The second-order valence-electron chi connectivity index (χ2n) is 4.91. The van der Waals surface area contributed by atoms with Gasteiger partial charge in [0.25, 0.3) is 0 Å². The molecule has 0 saturated heterocycles. The highest BCUT2D eigenvalue weighted by atomic mass is 32.1. The van der Waals surface area contributed by atoms with Crippen molar-refractivity contribution in [2.45, 2.75) is 26.2 Å². The Morgan fingerprint density at radius 2 is 1.70 bits per heavy atom. The zero-order valence-electron chi connectivity index (χ0n) is 11.9. The molecule has 0 amide bonds. The maximum Gasteiger partial charge on any atom is 0.0449 e. The van der Waals surface area contributed by atoms with Gasteiger partial charge in [0.1, 0.15) is 0 Å². The van der Waals surface area contributed by atoms with Crippen LogP contribution in [-0.4, -0.2) is 4.86 Å². The van der Waals surface area contributed by atoms with Gasteiger partial charge in [0.15, 0.2) is 0 Å². The molecule has 1 heteroatoms. The van der Waals surface area contributed by atoms with Crippen molar-refractivity contribution in [1.29, 1.82) is 0 Å². The fraction of sp³-hybridized carbons (Fsp3) is 0.211. The van der Waals surface area contributed by atoms with Crippen molar-refractivity contribution in [1.82, 2.24) is 0 Å². The van der Waals surface area contributed by atoms with Gasteiger partial charge in [-0.15, -0.1) is 0 Å². The van der Waals surface area contributed by atoms with E-state index in [1.807, 2.05) is 36.4 Å². The number of benzene rings is 2. The Morgan fingerprint density at radius 3 is 2.35 bits per heavy atom. The number of aryl methyl sites for hydroxylation is 1. The standard InChI is InChI=1S/C19H20S/c1-2-3-7-16-10-12-17(13-11-16)14-15-19(20)18-8-5-4-6-9-18/h4-6,8-15H,2-3,7H2,1H3. The molecule has 0 unspecified atom stereocenters. The molecule has 0 saturated carbocycles. The molecule has 2 aromatic carbocycles. The predicted octanol–water partition coefficient (Wildman–Crippen LogP) is 5.46. The second kappa shape index (κ2) is 7.76. The van der Waals surface area contributed by atoms with Crippen molar-refractivity contribution in [3.8, 4) is 0 Å². The largest absolute Gasteiger partial charge is 0.0795 e. The van der Waals surface area contributed by atoms with E-state index in [1.165, 1.54) is 30.4 Å². The number of unbranched alkanes of at least 4 members (excludes halogenated alkanes) is 1. The number of hydrogen-bond donors (Lipinski definition) is 0. The van der Waals surface area contributed by atoms with Crippen LogP contribution in [0.25, 0.3) is 6.08 Å². The summed E-state index contributed by atoms with van der Waals surface area (Å²) in [5, 5.41) is 0. The van der Waals surface area contributed by atoms with Gasteiger partial charge >= 0.3 is 0 Å². The summed E-state index contributed by atoms with van der Waals surface area (Å²) >= 11 is 5.42. The zero-order chi connectivity index (χ0) is 14.2. The third-order valence-corrected chi connectivity index (χ3v) is 3.66. The summed E-state index contributed by atoms with van der Waals surface area (Å²) in [5.74, 6) is 0. The summed E-state index contributed by atoms with van der Waals surface area (Å²) in [6.45, 7) is 2.22. The highest BCUT2D eigenvalue weighted by Crippen LogP contribution is 2.10. The molecule has 0 heterocycles. The van der Waals surface area contributed by atoms with Gasteiger partial charge in [-0.25, -0.2) is 0 Å². The Morgan fingerprint density at radius 1 is 1.00 bits per heavy atom. The van der Waals surface area contributed by atoms with Crippen LogP contribution in [0.15, 0.2) is 60.7 Å². The minimum atomic E-state index is 0.876. The molecule has 0 N–H and O–H groups in total. The van der Waals surface area contributed by atoms with Crippen LogP contribution in [-0.2, 0) is 6.42 Å². The fourth-order valence-electron chi connectivity index (χ4n) is 2.05. The summed E-state index contributed by atoms with van der Waals surface area (Å²) in [4.78, 5) is 0.876. The van der Waals surface area contributed by atoms with Gasteiger partial charge in [-0.1, -0.05) is 86.2 Å². The highest BCUT2D eigenvalue weighted by Gasteiger charge is 1.96. The predicted molar refractivity (Wildman–Crippen MR) is 92.2 cm³/mol. The molecular weight excluding hydrogens is 260 g/mol. The molecule has 0 aromatic heterocycles. The van der Waals surface area contributed by atoms with E-state index >= 15 is 0 Å². The first-order valence-corrected chi connectivity index (χ1v) is 7.57. The Bertz CT molecular complexity index is 564. The summed E-state index contributed by atoms with van der Waals surface area (Å²) in [5.41, 5.74) is 3.71. The first kappa shape index (κ1) is 14.7. The molecule has 2 rings (SSSR count). The van der Waals surface area contributed by atoms with E-state index in [1.54, 1.807) is 0 Å². The average molecular weight is 280 g/mol. The van der Waals surface area contributed by atoms with Crippen molar-refractivity contribution < 1.29 is 0 Å².